The molecule has 3 N–H and O–H groups in total. The van der Waals surface area contributed by atoms with Crippen molar-refractivity contribution in [2.75, 3.05) is 6.61 Å². The molecule has 0 fully saturated rings. The van der Waals surface area contributed by atoms with Crippen molar-refractivity contribution in [2.45, 2.75) is 25.4 Å². The van der Waals surface area contributed by atoms with Crippen LogP contribution in [-0.2, 0) is 4.74 Å². The molecule has 2 aromatic carbocycles. The van der Waals surface area contributed by atoms with Crippen molar-refractivity contribution >= 4 is 5.90 Å². The van der Waals surface area contributed by atoms with Crippen LogP contribution in [0.15, 0.2) is 53.5 Å². The lowest BCUT2D eigenvalue weighted by Gasteiger charge is -2.16. The summed E-state index contributed by atoms with van der Waals surface area (Å²) < 4.78 is 5.87. The number of aromatic nitrogens is 4. The number of aromatic amines is 1. The first kappa shape index (κ1) is 16.4. The number of hydrogen-bond donors (Lipinski definition) is 2. The van der Waals surface area contributed by atoms with E-state index in [0.29, 0.717) is 18.3 Å². The number of nitrogens with one attached hydrogen (secondary N) is 1. The molecule has 0 bridgehead atoms. The molecular weight excluding hydrogens is 328 g/mol. The van der Waals surface area contributed by atoms with Crippen LogP contribution in [-0.4, -0.2) is 38.7 Å². The lowest BCUT2D eigenvalue weighted by atomic mass is 9.92. The zero-order valence-corrected chi connectivity index (χ0v) is 14.7. The summed E-state index contributed by atoms with van der Waals surface area (Å²) in [7, 11) is 0. The topological polar surface area (TPSA) is 102 Å². The molecule has 3 aromatic rings. The van der Waals surface area contributed by atoms with Crippen LogP contribution in [0.1, 0.15) is 36.8 Å². The van der Waals surface area contributed by atoms with Gasteiger partial charge in [0.1, 0.15) is 6.61 Å². The summed E-state index contributed by atoms with van der Waals surface area (Å²) in [5.74, 6) is 1.11. The van der Waals surface area contributed by atoms with Crippen LogP contribution in [0.3, 0.4) is 0 Å². The van der Waals surface area contributed by atoms with Crippen molar-refractivity contribution in [3.8, 4) is 11.1 Å². The highest BCUT2D eigenvalue weighted by Crippen LogP contribution is 2.33. The molecule has 1 aliphatic rings. The normalized spacial score (nSPS) is 16.8. The highest BCUT2D eigenvalue weighted by Gasteiger charge is 2.29. The molecule has 0 aliphatic carbocycles. The molecular formula is C19H20N6O. The van der Waals surface area contributed by atoms with E-state index in [1.54, 1.807) is 0 Å². The molecule has 132 valence electrons. The van der Waals surface area contributed by atoms with Crippen LogP contribution in [0.25, 0.3) is 11.1 Å². The third kappa shape index (κ3) is 2.97. The van der Waals surface area contributed by atoms with E-state index >= 15 is 0 Å². The Morgan fingerprint density at radius 1 is 1.04 bits per heavy atom. The maximum absolute atomic E-state index is 6.40. The Hall–Kier alpha value is -3.06. The zero-order chi connectivity index (χ0) is 18.1. The minimum absolute atomic E-state index is 0.219. The third-order valence-electron chi connectivity index (χ3n) is 4.35. The molecule has 7 heteroatoms. The van der Waals surface area contributed by atoms with Gasteiger partial charge >= 0.3 is 0 Å². The summed E-state index contributed by atoms with van der Waals surface area (Å²) in [5, 5.41) is 14.1. The second-order valence-corrected chi connectivity index (χ2v) is 6.90. The summed E-state index contributed by atoms with van der Waals surface area (Å²) in [6.07, 6.45) is 0. The molecule has 26 heavy (non-hydrogen) atoms. The Morgan fingerprint density at radius 2 is 1.73 bits per heavy atom. The van der Waals surface area contributed by atoms with Gasteiger partial charge in [-0.1, -0.05) is 47.7 Å². The number of rotatable bonds is 4. The number of nitrogens with two attached hydrogens (primary N) is 1. The summed E-state index contributed by atoms with van der Waals surface area (Å²) in [4.78, 5) is 4.72. The number of ether oxygens (including phenoxy) is 1. The van der Waals surface area contributed by atoms with Crippen LogP contribution in [0.5, 0.6) is 0 Å². The average molecular weight is 348 g/mol. The summed E-state index contributed by atoms with van der Waals surface area (Å²) >= 11 is 0. The second kappa shape index (κ2) is 6.34. The van der Waals surface area contributed by atoms with Crippen molar-refractivity contribution in [1.82, 2.24) is 20.6 Å². The lowest BCUT2D eigenvalue weighted by Crippen LogP contribution is -2.17. The quantitative estimate of drug-likeness (QED) is 0.754. The Balaban J connectivity index is 1.83. The number of aliphatic imine (C=N–C) groups is 1. The van der Waals surface area contributed by atoms with Gasteiger partial charge in [-0.25, -0.2) is 4.99 Å². The number of H-pyrrole nitrogens is 1. The molecule has 1 atom stereocenters. The van der Waals surface area contributed by atoms with Crippen LogP contribution >= 0.6 is 0 Å². The smallest absolute Gasteiger partial charge is 0.217 e. The molecule has 0 spiro atoms. The minimum atomic E-state index is -0.485. The first-order valence-electron chi connectivity index (χ1n) is 8.45. The second-order valence-electron chi connectivity index (χ2n) is 6.90. The Labute approximate surface area is 151 Å². The molecule has 4 rings (SSSR count). The average Bonchev–Trinajstić information content (AvgIpc) is 3.31. The van der Waals surface area contributed by atoms with Crippen LogP contribution in [0.2, 0.25) is 0 Å². The molecule has 0 saturated heterocycles. The van der Waals surface area contributed by atoms with Crippen LogP contribution in [0, 0.1) is 0 Å². The molecule has 7 nitrogen and oxygen atoms in total. The van der Waals surface area contributed by atoms with E-state index in [0.717, 1.165) is 22.3 Å². The summed E-state index contributed by atoms with van der Waals surface area (Å²) in [5.41, 5.74) is 10.1. The fourth-order valence-corrected chi connectivity index (χ4v) is 3.08. The molecule has 1 aromatic heterocycles. The minimum Gasteiger partial charge on any atom is -0.475 e. The van der Waals surface area contributed by atoms with E-state index in [-0.39, 0.29) is 5.54 Å². The van der Waals surface area contributed by atoms with Crippen molar-refractivity contribution in [3.05, 3.63) is 65.5 Å². The van der Waals surface area contributed by atoms with E-state index in [2.05, 4.69) is 34.5 Å². The summed E-state index contributed by atoms with van der Waals surface area (Å²) in [6.45, 7) is 4.69. The Kier molecular flexibility index (Phi) is 4.00. The Bertz CT molecular complexity index is 948. The number of benzene rings is 2. The molecule has 0 amide bonds. The van der Waals surface area contributed by atoms with Gasteiger partial charge in [0.15, 0.2) is 5.82 Å². The van der Waals surface area contributed by atoms with Crippen LogP contribution < -0.4 is 5.73 Å². The van der Waals surface area contributed by atoms with Gasteiger partial charge in [-0.05, 0) is 36.6 Å². The van der Waals surface area contributed by atoms with Gasteiger partial charge in [0.25, 0.3) is 0 Å². The number of hydrogen-bond acceptors (Lipinski definition) is 6. The van der Waals surface area contributed by atoms with Gasteiger partial charge in [-0.3, -0.25) is 0 Å². The van der Waals surface area contributed by atoms with Crippen molar-refractivity contribution in [1.29, 1.82) is 0 Å². The van der Waals surface area contributed by atoms with Gasteiger partial charge in [0.2, 0.25) is 5.90 Å². The molecule has 1 unspecified atom stereocenters. The standard InChI is InChI=1S/C19H20N6O/c1-19(2)11-26-18(21-19)15-10-6-4-8-13(15)12-7-3-5-9-14(12)16(20)17-22-24-25-23-17/h3-10,16H,11,20H2,1-2H3,(H,22,23,24,25). The highest BCUT2D eigenvalue weighted by molar-refractivity contribution is 6.02. The van der Waals surface area contributed by atoms with Crippen molar-refractivity contribution < 1.29 is 4.74 Å². The predicted octanol–water partition coefficient (Wildman–Crippen LogP) is 2.47. The number of nitrogens with zero attached hydrogens (tertiary/aromatic N) is 4. The first-order valence-corrected chi connectivity index (χ1v) is 8.45. The third-order valence-corrected chi connectivity index (χ3v) is 4.35. The fourth-order valence-electron chi connectivity index (χ4n) is 3.08. The van der Waals surface area contributed by atoms with Gasteiger partial charge in [-0.2, -0.15) is 5.21 Å². The zero-order valence-electron chi connectivity index (χ0n) is 14.7. The molecule has 0 saturated carbocycles. The van der Waals surface area contributed by atoms with Crippen LogP contribution in [0.4, 0.5) is 0 Å². The SMILES string of the molecule is CC1(C)COC(c2ccccc2-c2ccccc2C(N)c2nn[nH]n2)=N1. The molecule has 0 radical (unpaired) electrons. The maximum Gasteiger partial charge on any atom is 0.217 e. The van der Waals surface area contributed by atoms with Gasteiger partial charge in [0, 0.05) is 5.56 Å². The van der Waals surface area contributed by atoms with Crippen molar-refractivity contribution in [3.63, 3.8) is 0 Å². The van der Waals surface area contributed by atoms with Gasteiger partial charge < -0.3 is 10.5 Å². The van der Waals surface area contributed by atoms with E-state index in [1.807, 2.05) is 48.5 Å². The monoisotopic (exact) mass is 348 g/mol. The molecule has 1 aliphatic heterocycles. The lowest BCUT2D eigenvalue weighted by molar-refractivity contribution is 0.279. The van der Waals surface area contributed by atoms with Gasteiger partial charge in [-0.15, -0.1) is 10.2 Å². The Morgan fingerprint density at radius 3 is 2.38 bits per heavy atom. The van der Waals surface area contributed by atoms with E-state index < -0.39 is 6.04 Å². The van der Waals surface area contributed by atoms with E-state index in [9.17, 15) is 0 Å². The summed E-state index contributed by atoms with van der Waals surface area (Å²) in [6, 6.07) is 15.5. The van der Waals surface area contributed by atoms with Gasteiger partial charge in [0.05, 0.1) is 11.6 Å². The highest BCUT2D eigenvalue weighted by atomic mass is 16.5. The molecule has 2 heterocycles. The van der Waals surface area contributed by atoms with E-state index in [1.165, 1.54) is 0 Å². The first-order chi connectivity index (χ1) is 12.6. The largest absolute Gasteiger partial charge is 0.475 e. The fraction of sp³-hybridized carbons (Fsp3) is 0.263. The van der Waals surface area contributed by atoms with Crippen molar-refractivity contribution in [2.24, 2.45) is 10.7 Å². The van der Waals surface area contributed by atoms with E-state index in [4.69, 9.17) is 15.5 Å². The maximum atomic E-state index is 6.40. The predicted molar refractivity (Wildman–Crippen MR) is 98.7 cm³/mol. The number of tetrazole rings is 1.